The fourth-order valence-corrected chi connectivity index (χ4v) is 2.71. The minimum atomic E-state index is -3.01. The van der Waals surface area contributed by atoms with E-state index in [1.807, 2.05) is 13.2 Å². The van der Waals surface area contributed by atoms with Crippen LogP contribution in [0, 0.1) is 5.92 Å². The molecule has 0 N–H and O–H groups in total. The van der Waals surface area contributed by atoms with E-state index in [-0.39, 0.29) is 5.44 Å². The molecule has 1 rings (SSSR count). The van der Waals surface area contributed by atoms with Gasteiger partial charge in [-0.15, -0.1) is 11.8 Å². The summed E-state index contributed by atoms with van der Waals surface area (Å²) < 4.78 is 29.6. The Balaban J connectivity index is 2.31. The van der Waals surface area contributed by atoms with Crippen LogP contribution in [0.2, 0.25) is 0 Å². The lowest BCUT2D eigenvalue weighted by atomic mass is 10.1. The third kappa shape index (κ3) is 4.30. The molecule has 1 fully saturated rings. The van der Waals surface area contributed by atoms with Crippen LogP contribution in [0.15, 0.2) is 0 Å². The highest BCUT2D eigenvalue weighted by molar-refractivity contribution is 7.99. The van der Waals surface area contributed by atoms with Gasteiger partial charge in [-0.3, -0.25) is 0 Å². The molecule has 0 aromatic carbocycles. The minimum Gasteiger partial charge on any atom is -0.368 e. The Kier molecular flexibility index (Phi) is 4.89. The maximum atomic E-state index is 11.3. The fraction of sp³-hybridized carbons (Fsp3) is 1.00. The van der Waals surface area contributed by atoms with Crippen molar-refractivity contribution in [2.75, 3.05) is 32.2 Å². The van der Waals surface area contributed by atoms with Crippen LogP contribution in [0.1, 0.15) is 13.3 Å². The number of thioether (sulfide) groups is 1. The zero-order chi connectivity index (χ0) is 11.5. The molecule has 0 aliphatic carbocycles. The van der Waals surface area contributed by atoms with Gasteiger partial charge in [0.25, 0.3) is 0 Å². The topological polar surface area (TPSA) is 46.6 Å². The van der Waals surface area contributed by atoms with Gasteiger partial charge >= 0.3 is 0 Å². The van der Waals surface area contributed by atoms with Gasteiger partial charge in [0.2, 0.25) is 10.0 Å². The van der Waals surface area contributed by atoms with Crippen LogP contribution in [0.25, 0.3) is 0 Å². The van der Waals surface area contributed by atoms with Crippen molar-refractivity contribution < 1.29 is 13.2 Å². The van der Waals surface area contributed by atoms with E-state index in [2.05, 4.69) is 0 Å². The van der Waals surface area contributed by atoms with Crippen LogP contribution in [-0.2, 0) is 14.8 Å². The highest BCUT2D eigenvalue weighted by atomic mass is 32.2. The summed E-state index contributed by atoms with van der Waals surface area (Å²) in [4.78, 5) is 0. The van der Waals surface area contributed by atoms with Gasteiger partial charge in [0, 0.05) is 13.1 Å². The van der Waals surface area contributed by atoms with Gasteiger partial charge in [0.05, 0.1) is 18.3 Å². The van der Waals surface area contributed by atoms with Crippen LogP contribution in [0.5, 0.6) is 0 Å². The zero-order valence-electron chi connectivity index (χ0n) is 9.47. The second-order valence-electron chi connectivity index (χ2n) is 3.91. The molecule has 0 bridgehead atoms. The van der Waals surface area contributed by atoms with Crippen LogP contribution in [0.3, 0.4) is 0 Å². The first-order valence-electron chi connectivity index (χ1n) is 5.03. The number of ether oxygens (including phenoxy) is 1. The van der Waals surface area contributed by atoms with Gasteiger partial charge in [-0.25, -0.2) is 12.7 Å². The van der Waals surface area contributed by atoms with Gasteiger partial charge in [-0.1, -0.05) is 0 Å². The molecular weight excluding hydrogens is 234 g/mol. The molecule has 1 saturated heterocycles. The Morgan fingerprint density at radius 1 is 1.60 bits per heavy atom. The average molecular weight is 253 g/mol. The first kappa shape index (κ1) is 13.3. The molecule has 15 heavy (non-hydrogen) atoms. The van der Waals surface area contributed by atoms with Crippen molar-refractivity contribution in [3.8, 4) is 0 Å². The van der Waals surface area contributed by atoms with Gasteiger partial charge < -0.3 is 4.74 Å². The molecule has 2 unspecified atom stereocenters. The molecule has 4 nitrogen and oxygen atoms in total. The second kappa shape index (κ2) is 5.52. The van der Waals surface area contributed by atoms with E-state index in [0.717, 1.165) is 6.42 Å². The summed E-state index contributed by atoms with van der Waals surface area (Å²) in [7, 11) is -3.01. The third-order valence-corrected chi connectivity index (χ3v) is 4.69. The smallest absolute Gasteiger partial charge is 0.211 e. The highest BCUT2D eigenvalue weighted by Crippen LogP contribution is 2.20. The Morgan fingerprint density at radius 2 is 2.27 bits per heavy atom. The minimum absolute atomic E-state index is 0.192. The quantitative estimate of drug-likeness (QED) is 0.686. The molecule has 0 aromatic rings. The molecule has 0 aromatic heterocycles. The molecular formula is C9H19NO3S2. The van der Waals surface area contributed by atoms with Gasteiger partial charge in [-0.2, -0.15) is 0 Å². The Morgan fingerprint density at radius 3 is 2.73 bits per heavy atom. The number of hydrogen-bond acceptors (Lipinski definition) is 4. The summed E-state index contributed by atoms with van der Waals surface area (Å²) >= 11 is 1.66. The maximum Gasteiger partial charge on any atom is 0.211 e. The zero-order valence-corrected chi connectivity index (χ0v) is 11.1. The number of nitrogens with zero attached hydrogens (tertiary/aromatic N) is 1. The van der Waals surface area contributed by atoms with Crippen LogP contribution in [0.4, 0.5) is 0 Å². The van der Waals surface area contributed by atoms with E-state index >= 15 is 0 Å². The molecule has 1 aliphatic heterocycles. The van der Waals surface area contributed by atoms with Crippen LogP contribution >= 0.6 is 11.8 Å². The van der Waals surface area contributed by atoms with Crippen molar-refractivity contribution in [1.82, 2.24) is 4.31 Å². The highest BCUT2D eigenvalue weighted by Gasteiger charge is 2.28. The molecule has 90 valence electrons. The maximum absolute atomic E-state index is 11.3. The predicted octanol–water partition coefficient (Wildman–Crippen LogP) is 0.994. The first-order valence-corrected chi connectivity index (χ1v) is 8.16. The van der Waals surface area contributed by atoms with E-state index in [1.54, 1.807) is 11.8 Å². The molecule has 1 heterocycles. The molecule has 1 aliphatic rings. The lowest BCUT2D eigenvalue weighted by Gasteiger charge is -2.15. The van der Waals surface area contributed by atoms with Gasteiger partial charge in [0.15, 0.2) is 0 Å². The molecule has 0 spiro atoms. The van der Waals surface area contributed by atoms with Crippen molar-refractivity contribution in [2.24, 2.45) is 5.92 Å². The van der Waals surface area contributed by atoms with E-state index in [0.29, 0.717) is 25.6 Å². The average Bonchev–Trinajstić information content (AvgIpc) is 2.61. The summed E-state index contributed by atoms with van der Waals surface area (Å²) in [5.41, 5.74) is 0.192. The number of hydrogen-bond donors (Lipinski definition) is 0. The molecule has 0 radical (unpaired) electrons. The normalized spacial score (nSPS) is 25.7. The van der Waals surface area contributed by atoms with E-state index in [4.69, 9.17) is 4.74 Å². The Labute approximate surface area is 96.4 Å². The van der Waals surface area contributed by atoms with E-state index in [1.165, 1.54) is 10.6 Å². The first-order chi connectivity index (χ1) is 6.93. The molecule has 6 heteroatoms. The predicted molar refractivity (Wildman–Crippen MR) is 63.5 cm³/mol. The number of sulfonamides is 1. The van der Waals surface area contributed by atoms with E-state index in [9.17, 15) is 8.42 Å². The van der Waals surface area contributed by atoms with Crippen molar-refractivity contribution in [3.63, 3.8) is 0 Å². The lowest BCUT2D eigenvalue weighted by Crippen LogP contribution is -2.28. The van der Waals surface area contributed by atoms with Gasteiger partial charge in [-0.05, 0) is 25.5 Å². The van der Waals surface area contributed by atoms with Crippen molar-refractivity contribution in [2.45, 2.75) is 18.8 Å². The SMILES string of the molecule is CSC(C)OCC1CCN(S(C)(=O)=O)C1. The summed E-state index contributed by atoms with van der Waals surface area (Å²) in [5.74, 6) is 0.356. The summed E-state index contributed by atoms with van der Waals surface area (Å²) in [6.07, 6.45) is 4.18. The molecule has 0 saturated carbocycles. The Hall–Kier alpha value is 0.220. The summed E-state index contributed by atoms with van der Waals surface area (Å²) in [6, 6.07) is 0. The van der Waals surface area contributed by atoms with Crippen molar-refractivity contribution in [3.05, 3.63) is 0 Å². The van der Waals surface area contributed by atoms with E-state index < -0.39 is 10.0 Å². The fourth-order valence-electron chi connectivity index (χ4n) is 1.57. The second-order valence-corrected chi connectivity index (χ2v) is 7.03. The molecule has 0 amide bonds. The van der Waals surface area contributed by atoms with Crippen LogP contribution in [-0.4, -0.2) is 50.4 Å². The largest absolute Gasteiger partial charge is 0.368 e. The Bertz CT molecular complexity index is 292. The van der Waals surface area contributed by atoms with Gasteiger partial charge in [0.1, 0.15) is 0 Å². The molecule has 2 atom stereocenters. The summed E-state index contributed by atoms with van der Waals surface area (Å²) in [5, 5.41) is 0. The summed E-state index contributed by atoms with van der Waals surface area (Å²) in [6.45, 7) is 3.92. The lowest BCUT2D eigenvalue weighted by molar-refractivity contribution is 0.0943. The number of rotatable bonds is 5. The standard InChI is InChI=1S/C9H19NO3S2/c1-8(14-2)13-7-9-4-5-10(6-9)15(3,11)12/h8-9H,4-7H2,1-3H3. The third-order valence-electron chi connectivity index (χ3n) is 2.62. The monoisotopic (exact) mass is 253 g/mol. The van der Waals surface area contributed by atoms with Crippen molar-refractivity contribution in [1.29, 1.82) is 0 Å². The van der Waals surface area contributed by atoms with Crippen molar-refractivity contribution >= 4 is 21.8 Å². The van der Waals surface area contributed by atoms with Crippen LogP contribution < -0.4 is 0 Å².